The molecule has 0 aliphatic rings. The van der Waals surface area contributed by atoms with Crippen molar-refractivity contribution in [2.45, 2.75) is 19.6 Å². The summed E-state index contributed by atoms with van der Waals surface area (Å²) in [6.45, 7) is 2.62. The Morgan fingerprint density at radius 3 is 2.61 bits per heavy atom. The zero-order valence-electron chi connectivity index (χ0n) is 12.9. The smallest absolute Gasteiger partial charge is 0.169 e. The summed E-state index contributed by atoms with van der Waals surface area (Å²) in [5.41, 5.74) is 2.11. The van der Waals surface area contributed by atoms with Gasteiger partial charge in [-0.2, -0.15) is 0 Å². The monoisotopic (exact) mass is 306 g/mol. The van der Waals surface area contributed by atoms with E-state index in [1.54, 1.807) is 18.6 Å². The van der Waals surface area contributed by atoms with Crippen molar-refractivity contribution in [1.29, 1.82) is 0 Å². The molecule has 2 heterocycles. The topological polar surface area (TPSA) is 59.9 Å². The predicted molar refractivity (Wildman–Crippen MR) is 89.1 cm³/mol. The van der Waals surface area contributed by atoms with E-state index in [1.807, 2.05) is 37.3 Å². The van der Waals surface area contributed by atoms with Crippen LogP contribution in [0.15, 0.2) is 67.4 Å². The first kappa shape index (κ1) is 15.0. The Morgan fingerprint density at radius 1 is 1.04 bits per heavy atom. The van der Waals surface area contributed by atoms with Crippen LogP contribution < -0.4 is 10.1 Å². The molecule has 0 spiro atoms. The highest BCUT2D eigenvalue weighted by atomic mass is 16.5. The lowest BCUT2D eigenvalue weighted by Crippen LogP contribution is -2.08. The van der Waals surface area contributed by atoms with Crippen molar-refractivity contribution in [3.8, 4) is 5.75 Å². The number of ether oxygens (including phenoxy) is 1. The van der Waals surface area contributed by atoms with E-state index < -0.39 is 0 Å². The zero-order valence-corrected chi connectivity index (χ0v) is 12.9. The van der Waals surface area contributed by atoms with Gasteiger partial charge in [-0.15, -0.1) is 0 Å². The molecule has 0 aliphatic carbocycles. The highest BCUT2D eigenvalue weighted by Crippen LogP contribution is 2.27. The molecule has 0 saturated carbocycles. The maximum absolute atomic E-state index is 6.06. The third-order valence-electron chi connectivity index (χ3n) is 3.42. The quantitative estimate of drug-likeness (QED) is 0.753. The molecule has 0 saturated heterocycles. The average molecular weight is 306 g/mol. The summed E-state index contributed by atoms with van der Waals surface area (Å²) in [5.74, 6) is 1.43. The van der Waals surface area contributed by atoms with Gasteiger partial charge in [-0.05, 0) is 24.6 Å². The summed E-state index contributed by atoms with van der Waals surface area (Å²) in [6, 6.07) is 13.9. The van der Waals surface area contributed by atoms with Gasteiger partial charge in [0.05, 0.1) is 0 Å². The van der Waals surface area contributed by atoms with E-state index in [9.17, 15) is 0 Å². The number of rotatable bonds is 6. The minimum Gasteiger partial charge on any atom is -0.482 e. The summed E-state index contributed by atoms with van der Waals surface area (Å²) >= 11 is 0. The van der Waals surface area contributed by atoms with E-state index in [2.05, 4.69) is 32.4 Å². The van der Waals surface area contributed by atoms with Crippen LogP contribution in [0, 0.1) is 0 Å². The molecule has 23 heavy (non-hydrogen) atoms. The lowest BCUT2D eigenvalue weighted by molar-refractivity contribution is 0.227. The van der Waals surface area contributed by atoms with Gasteiger partial charge >= 0.3 is 0 Å². The third-order valence-corrected chi connectivity index (χ3v) is 3.42. The molecule has 3 rings (SSSR count). The predicted octanol–water partition coefficient (Wildman–Crippen LogP) is 3.62. The molecule has 0 radical (unpaired) electrons. The Labute approximate surface area is 135 Å². The van der Waals surface area contributed by atoms with Crippen molar-refractivity contribution < 1.29 is 4.74 Å². The highest BCUT2D eigenvalue weighted by Gasteiger charge is 2.10. The molecule has 0 aliphatic heterocycles. The molecule has 0 fully saturated rings. The number of anilines is 1. The van der Waals surface area contributed by atoms with Crippen molar-refractivity contribution in [3.05, 3.63) is 78.5 Å². The van der Waals surface area contributed by atoms with Crippen LogP contribution in [0.3, 0.4) is 0 Å². The van der Waals surface area contributed by atoms with E-state index in [0.717, 1.165) is 16.9 Å². The molecule has 1 unspecified atom stereocenters. The van der Waals surface area contributed by atoms with Crippen LogP contribution >= 0.6 is 0 Å². The second kappa shape index (κ2) is 7.35. The minimum absolute atomic E-state index is 0.0546. The maximum atomic E-state index is 6.06. The van der Waals surface area contributed by atoms with Crippen LogP contribution in [-0.4, -0.2) is 15.0 Å². The fourth-order valence-electron chi connectivity index (χ4n) is 2.21. The molecule has 3 aromatic rings. The van der Waals surface area contributed by atoms with Crippen molar-refractivity contribution in [3.63, 3.8) is 0 Å². The first-order valence-corrected chi connectivity index (χ1v) is 7.47. The van der Waals surface area contributed by atoms with Gasteiger partial charge in [0.2, 0.25) is 0 Å². The molecule has 116 valence electrons. The van der Waals surface area contributed by atoms with Gasteiger partial charge < -0.3 is 10.1 Å². The van der Waals surface area contributed by atoms with Crippen molar-refractivity contribution in [2.75, 3.05) is 5.32 Å². The molecule has 1 aromatic carbocycles. The van der Waals surface area contributed by atoms with Crippen LogP contribution in [0.5, 0.6) is 5.75 Å². The first-order valence-electron chi connectivity index (χ1n) is 7.47. The van der Waals surface area contributed by atoms with E-state index in [4.69, 9.17) is 4.74 Å². The Balaban J connectivity index is 1.70. The van der Waals surface area contributed by atoms with E-state index in [-0.39, 0.29) is 6.10 Å². The molecule has 2 aromatic heterocycles. The van der Waals surface area contributed by atoms with Gasteiger partial charge in [-0.3, -0.25) is 0 Å². The Hall–Kier alpha value is -2.95. The minimum atomic E-state index is -0.0546. The molecule has 0 bridgehead atoms. The number of benzene rings is 1. The number of hydrogen-bond acceptors (Lipinski definition) is 5. The fraction of sp³-hybridized carbons (Fsp3) is 0.167. The number of pyridine rings is 1. The molecule has 5 nitrogen and oxygen atoms in total. The lowest BCUT2D eigenvalue weighted by atomic mass is 10.1. The summed E-state index contributed by atoms with van der Waals surface area (Å²) in [4.78, 5) is 12.4. The van der Waals surface area contributed by atoms with E-state index >= 15 is 0 Å². The molecule has 1 atom stereocenters. The van der Waals surface area contributed by atoms with Crippen molar-refractivity contribution in [2.24, 2.45) is 0 Å². The Bertz CT molecular complexity index is 734. The van der Waals surface area contributed by atoms with E-state index in [0.29, 0.717) is 12.4 Å². The summed E-state index contributed by atoms with van der Waals surface area (Å²) in [7, 11) is 0. The summed E-state index contributed by atoms with van der Waals surface area (Å²) in [6.07, 6.45) is 6.75. The number of aromatic nitrogens is 3. The fourth-order valence-corrected chi connectivity index (χ4v) is 2.21. The molecular formula is C18H18N4O. The summed E-state index contributed by atoms with van der Waals surface area (Å²) in [5, 5.41) is 3.27. The second-order valence-corrected chi connectivity index (χ2v) is 5.12. The van der Waals surface area contributed by atoms with Crippen LogP contribution in [0.25, 0.3) is 0 Å². The Kier molecular flexibility index (Phi) is 4.79. The maximum Gasteiger partial charge on any atom is 0.169 e. The standard InChI is InChI=1S/C18H18N4O/c1-14(16-6-3-2-4-7-16)23-17-8-5-9-21-18(17)22-12-15-10-19-13-20-11-15/h2-11,13-14H,12H2,1H3,(H,21,22). The van der Waals surface area contributed by atoms with Gasteiger partial charge in [0.1, 0.15) is 12.4 Å². The van der Waals surface area contributed by atoms with Crippen LogP contribution in [-0.2, 0) is 6.54 Å². The highest BCUT2D eigenvalue weighted by molar-refractivity contribution is 5.50. The van der Waals surface area contributed by atoms with Gasteiger partial charge in [0.15, 0.2) is 11.6 Å². The van der Waals surface area contributed by atoms with Crippen LogP contribution in [0.2, 0.25) is 0 Å². The molecular weight excluding hydrogens is 288 g/mol. The van der Waals surface area contributed by atoms with E-state index in [1.165, 1.54) is 6.33 Å². The lowest BCUT2D eigenvalue weighted by Gasteiger charge is -2.17. The normalized spacial score (nSPS) is 11.7. The molecule has 5 heteroatoms. The largest absolute Gasteiger partial charge is 0.482 e. The van der Waals surface area contributed by atoms with Gasteiger partial charge in [0, 0.05) is 30.7 Å². The molecule has 1 N–H and O–H groups in total. The number of nitrogens with zero attached hydrogens (tertiary/aromatic N) is 3. The third kappa shape index (κ3) is 4.03. The van der Waals surface area contributed by atoms with Gasteiger partial charge in [0.25, 0.3) is 0 Å². The van der Waals surface area contributed by atoms with Crippen molar-refractivity contribution in [1.82, 2.24) is 15.0 Å². The molecule has 0 amide bonds. The number of hydrogen-bond donors (Lipinski definition) is 1. The van der Waals surface area contributed by atoms with Crippen molar-refractivity contribution >= 4 is 5.82 Å². The average Bonchev–Trinajstić information content (AvgIpc) is 2.62. The first-order chi connectivity index (χ1) is 11.3. The number of nitrogens with one attached hydrogen (secondary N) is 1. The Morgan fingerprint density at radius 2 is 1.83 bits per heavy atom. The SMILES string of the molecule is CC(Oc1cccnc1NCc1cncnc1)c1ccccc1. The zero-order chi connectivity index (χ0) is 15.9. The summed E-state index contributed by atoms with van der Waals surface area (Å²) < 4.78 is 6.06. The van der Waals surface area contributed by atoms with Crippen LogP contribution in [0.1, 0.15) is 24.2 Å². The van der Waals surface area contributed by atoms with Gasteiger partial charge in [-0.1, -0.05) is 30.3 Å². The van der Waals surface area contributed by atoms with Gasteiger partial charge in [-0.25, -0.2) is 15.0 Å². The van der Waals surface area contributed by atoms with Crippen LogP contribution in [0.4, 0.5) is 5.82 Å². The second-order valence-electron chi connectivity index (χ2n) is 5.12.